The van der Waals surface area contributed by atoms with Gasteiger partial charge in [0.2, 0.25) is 94.5 Å². The molecule has 2 aromatic heterocycles. The lowest BCUT2D eigenvalue weighted by molar-refractivity contribution is -0.149. The Morgan fingerprint density at radius 3 is 1.68 bits per heavy atom. The number of aromatic nitrogens is 2. The third kappa shape index (κ3) is 29.1. The molecule has 1 unspecified atom stereocenters. The molecule has 2 aliphatic heterocycles. The minimum atomic E-state index is -1.88. The van der Waals surface area contributed by atoms with E-state index in [-0.39, 0.29) is 96.1 Å². The van der Waals surface area contributed by atoms with Gasteiger partial charge in [-0.2, -0.15) is 0 Å². The van der Waals surface area contributed by atoms with E-state index in [2.05, 4.69) is 68.5 Å². The molecule has 720 valence electrons. The molecule has 42 nitrogen and oxygen atoms in total. The number of fused-ring (bicyclic) bond motifs is 4. The Bertz CT molecular complexity index is 4950. The highest BCUT2D eigenvalue weighted by molar-refractivity contribution is 8.00. The van der Waals surface area contributed by atoms with Crippen molar-refractivity contribution in [2.24, 2.45) is 40.7 Å². The highest BCUT2D eigenvalue weighted by atomic mass is 32.2. The van der Waals surface area contributed by atoms with E-state index >= 15 is 33.6 Å². The number of guanidine groups is 1. The van der Waals surface area contributed by atoms with Crippen molar-refractivity contribution in [3.63, 3.8) is 0 Å². The number of anilines is 1. The maximum atomic E-state index is 15.7. The Hall–Kier alpha value is -12.8. The summed E-state index contributed by atoms with van der Waals surface area (Å²) in [4.78, 5) is 259. The van der Waals surface area contributed by atoms with Crippen LogP contribution in [0.1, 0.15) is 141 Å². The van der Waals surface area contributed by atoms with Crippen molar-refractivity contribution in [3.05, 3.63) is 102 Å². The number of para-hydroxylation sites is 2. The minimum absolute atomic E-state index is 0.00492. The third-order valence-electron chi connectivity index (χ3n) is 24.0. The number of nitrogens with two attached hydrogens (primary N) is 5. The normalized spacial score (nSPS) is 25.6. The number of rotatable bonds is 25. The topological polar surface area (TPSA) is 661 Å². The van der Waals surface area contributed by atoms with Crippen molar-refractivity contribution < 1.29 is 91.7 Å². The van der Waals surface area contributed by atoms with Gasteiger partial charge in [0.25, 0.3) is 0 Å². The first-order valence-corrected chi connectivity index (χ1v) is 45.7. The van der Waals surface area contributed by atoms with Crippen LogP contribution in [0.2, 0.25) is 0 Å². The zero-order valence-electron chi connectivity index (χ0n) is 75.8. The zero-order valence-corrected chi connectivity index (χ0v) is 76.6. The monoisotopic (exact) mass is 1860 g/mol. The van der Waals surface area contributed by atoms with Gasteiger partial charge in [-0.25, -0.2) is 0 Å². The van der Waals surface area contributed by atoms with Crippen LogP contribution in [0.15, 0.2) is 85.2 Å². The number of benzene rings is 3. The average molecular weight is 1860 g/mol. The summed E-state index contributed by atoms with van der Waals surface area (Å²) < 4.78 is 0. The van der Waals surface area contributed by atoms with Crippen LogP contribution in [0.4, 0.5) is 5.69 Å². The quantitative estimate of drug-likeness (QED) is 0.0119. The van der Waals surface area contributed by atoms with Gasteiger partial charge in [0.1, 0.15) is 72.5 Å². The number of carbonyl (C=O) groups is 17. The molecule has 43 heteroatoms. The number of nitrogen functional groups attached to an aromatic ring is 1. The second kappa shape index (κ2) is 50.0. The molecule has 2 saturated heterocycles. The molecule has 26 N–H and O–H groups in total. The Morgan fingerprint density at radius 1 is 0.553 bits per heavy atom. The van der Waals surface area contributed by atoms with Crippen molar-refractivity contribution in [1.29, 1.82) is 5.41 Å². The highest BCUT2D eigenvalue weighted by Gasteiger charge is 2.48. The molecule has 1 saturated carbocycles. The fourth-order valence-electron chi connectivity index (χ4n) is 16.6. The van der Waals surface area contributed by atoms with Gasteiger partial charge >= 0.3 is 0 Å². The van der Waals surface area contributed by atoms with E-state index in [1.54, 1.807) is 99.0 Å². The molecule has 8 rings (SSSR count). The fourth-order valence-corrected chi connectivity index (χ4v) is 17.5. The van der Waals surface area contributed by atoms with Gasteiger partial charge in [0.05, 0.1) is 43.4 Å². The number of unbranched alkanes of at least 4 members (excludes halogenated alkanes) is 2. The van der Waals surface area contributed by atoms with Gasteiger partial charge in [-0.3, -0.25) is 86.9 Å². The van der Waals surface area contributed by atoms with Gasteiger partial charge < -0.3 is 127 Å². The van der Waals surface area contributed by atoms with Crippen LogP contribution < -0.4 is 87.2 Å². The molecule has 16 atom stereocenters. The van der Waals surface area contributed by atoms with Crippen LogP contribution in [0.3, 0.4) is 0 Å². The summed E-state index contributed by atoms with van der Waals surface area (Å²) in [6.07, 6.45) is 1.37. The largest absolute Gasteiger partial charge is 0.399 e. The molecule has 3 aromatic carbocycles. The Labute approximate surface area is 769 Å². The van der Waals surface area contributed by atoms with Gasteiger partial charge in [-0.15, -0.1) is 11.8 Å². The zero-order chi connectivity index (χ0) is 96.9. The first-order chi connectivity index (χ1) is 62.8. The Morgan fingerprint density at radius 2 is 1.08 bits per heavy atom. The Kier molecular flexibility index (Phi) is 39.6. The van der Waals surface area contributed by atoms with Gasteiger partial charge in [-0.05, 0) is 112 Å². The standard InChI is InChI=1S/C89H129N23O19S/c1-9-11-24-69-83(126)101-60(23-17-31-96-89(94)95)79(122)108-68(78(121)99-43-73(93)116)45-132-46-74(117)100-63(34-49-27-29-52(91)30-28-49)85(128)109(6)48(5)76(119)104-65(39-72(92)115)87(130)112-32-18-26-70(112)84(127)106-66(40-90)81(124)102-61(33-47(3)4)75(118)56-37-53(114)38-57(56)77(120)103-62(35-50-41-97-58-21-15-13-19-54(50)58)80(123)107-67(44-113)82(125)105-64(36-51-42-98-59-22-16-14-20-55(51)59)86(129)111(8)71(25-12-10-2)88(131)110(69)7/h13-16,19-22,27-30,41-42,47-48,53,56-57,60-71,97-98,113-114H,9-12,17-18,23-26,31-40,43-46,90-91H2,1-8H3,(H2,92,115)(H2,93,116)(H,99,121)(H,100,117)(H,101,126)(H,102,124)(H,103,120)(H,104,119)(H,105,125)(H,106,127)(H,107,123)(H,108,122)(H4,94,95,96)/t48-,53-,56?,57+,60-,61-,62-,63-,64-,65-,66-,67-,68-,69-,70-,71-/m0/s1. The summed E-state index contributed by atoms with van der Waals surface area (Å²) in [6.45, 7) is 5.97. The lowest BCUT2D eigenvalue weighted by Gasteiger charge is -2.36. The molecule has 0 radical (unpaired) electrons. The van der Waals surface area contributed by atoms with E-state index < -0.39 is 240 Å². The first kappa shape index (κ1) is 105. The Balaban J connectivity index is 1.19. The molecular weight excluding hydrogens is 1730 g/mol. The summed E-state index contributed by atoms with van der Waals surface area (Å²) in [6, 6.07) is 0.288. The van der Waals surface area contributed by atoms with Crippen molar-refractivity contribution in [2.75, 3.05) is 71.2 Å². The number of H-pyrrole nitrogens is 2. The van der Waals surface area contributed by atoms with Crippen molar-refractivity contribution in [3.8, 4) is 0 Å². The smallest absolute Gasteiger partial charge is 0.246 e. The fraction of sp³-hybridized carbons (Fsp3) is 0.551. The molecular formula is C89H129N23O19S. The summed E-state index contributed by atoms with van der Waals surface area (Å²) in [5, 5.41) is 60.6. The number of amides is 16. The number of primary amides is 2. The van der Waals surface area contributed by atoms with Gasteiger partial charge in [0.15, 0.2) is 11.7 Å². The lowest BCUT2D eigenvalue weighted by atomic mass is 9.84. The predicted octanol–water partition coefficient (Wildman–Crippen LogP) is -3.06. The number of nitrogens with zero attached hydrogens (tertiary/aromatic N) is 4. The summed E-state index contributed by atoms with van der Waals surface area (Å²) >= 11 is 0.777. The number of aliphatic hydroxyl groups is 2. The molecule has 3 fully saturated rings. The van der Waals surface area contributed by atoms with Gasteiger partial charge in [-0.1, -0.05) is 102 Å². The molecule has 16 amide bonds. The minimum Gasteiger partial charge on any atom is -0.399 e. The maximum Gasteiger partial charge on any atom is 0.246 e. The maximum absolute atomic E-state index is 15.7. The first-order valence-electron chi connectivity index (χ1n) is 44.6. The number of ketones is 1. The molecule has 0 spiro atoms. The number of aliphatic hydroxyl groups excluding tert-OH is 2. The van der Waals surface area contributed by atoms with E-state index in [0.29, 0.717) is 69.9 Å². The van der Waals surface area contributed by atoms with Crippen molar-refractivity contribution in [1.82, 2.24) is 88.1 Å². The average Bonchev–Trinajstić information content (AvgIpc) is 1.60. The second-order valence-corrected chi connectivity index (χ2v) is 35.4. The number of carbonyl (C=O) groups excluding carboxylic acids is 17. The molecule has 132 heavy (non-hydrogen) atoms. The number of Topliss-reactive ketones (excluding diaryl/α,β-unsaturated/α-hetero) is 1. The van der Waals surface area contributed by atoms with E-state index in [0.717, 1.165) is 31.4 Å². The van der Waals surface area contributed by atoms with E-state index in [1.165, 1.54) is 28.1 Å². The van der Waals surface area contributed by atoms with Crippen LogP contribution in [-0.4, -0.2) is 296 Å². The number of likely N-dealkylation sites (N-methyl/N-ethyl adjacent to an activating group) is 3. The summed E-state index contributed by atoms with van der Waals surface area (Å²) in [5.74, 6) is -20.2. The van der Waals surface area contributed by atoms with Crippen LogP contribution in [-0.2, 0) is 101 Å². The van der Waals surface area contributed by atoms with Gasteiger partial charge in [0, 0.05) is 112 Å². The number of hydrogen-bond donors (Lipinski definition) is 21. The molecule has 0 bridgehead atoms. The van der Waals surface area contributed by atoms with Crippen LogP contribution in [0, 0.1) is 23.2 Å². The number of nitrogens with one attached hydrogen (secondary N) is 14. The SMILES string of the molecule is CCCC[C@H]1C(=O)N(C)[C@@H](CCCC)C(=O)N[C@@H](CCCNC(=N)N)C(=O)N[C@H](C(=O)NCC(N)=O)CSCC(=O)N[C@@H](Cc2ccc(N)cc2)C(=O)N(C)[C@@H](C)C(=O)N[C@@H](CC(N)=O)C(=O)N2CCC[C@H]2C(=O)N[C@@H](CN)C(=O)N[C@@H](CC(C)C)C(=O)C2C[C@H](O)C[C@H]2C(=O)N[C@@H](Cc2c[nH]c3ccccc23)C(=O)N[C@@H](CO)C(=O)N[C@@H](Cc2c[nH]c3ccccc23)C(=O)N1C. The van der Waals surface area contributed by atoms with E-state index in [9.17, 15) is 58.2 Å². The predicted molar refractivity (Wildman–Crippen MR) is 490 cm³/mol. The molecule has 4 heterocycles. The van der Waals surface area contributed by atoms with E-state index in [4.69, 9.17) is 34.1 Å². The molecule has 3 aliphatic rings. The summed E-state index contributed by atoms with van der Waals surface area (Å²) in [5.41, 5.74) is 32.1. The lowest BCUT2D eigenvalue weighted by Crippen LogP contribution is -2.61. The summed E-state index contributed by atoms with van der Waals surface area (Å²) in [7, 11) is 3.93. The number of thioether (sulfide) groups is 1. The third-order valence-corrected chi connectivity index (χ3v) is 25.1. The number of hydrogen-bond acceptors (Lipinski definition) is 23. The van der Waals surface area contributed by atoms with Crippen LogP contribution in [0.25, 0.3) is 21.8 Å². The molecule has 5 aromatic rings. The molecule has 1 aliphatic carbocycles. The number of aromatic amines is 2. The van der Waals surface area contributed by atoms with Crippen LogP contribution in [0.5, 0.6) is 0 Å². The van der Waals surface area contributed by atoms with Crippen LogP contribution >= 0.6 is 11.8 Å². The highest BCUT2D eigenvalue weighted by Crippen LogP contribution is 2.36. The second-order valence-electron chi connectivity index (χ2n) is 34.4. The van der Waals surface area contributed by atoms with E-state index in [1.807, 2.05) is 13.8 Å². The van der Waals surface area contributed by atoms with Crippen molar-refractivity contribution >= 4 is 146 Å². The van der Waals surface area contributed by atoms with Crippen molar-refractivity contribution in [2.45, 2.75) is 228 Å².